The number of aryl methyl sites for hydroxylation is 1. The van der Waals surface area contributed by atoms with Gasteiger partial charge < -0.3 is 20.7 Å². The molecule has 0 saturated carbocycles. The van der Waals surface area contributed by atoms with E-state index in [-0.39, 0.29) is 5.91 Å². The summed E-state index contributed by atoms with van der Waals surface area (Å²) in [7, 11) is 1.63. The van der Waals surface area contributed by atoms with Gasteiger partial charge in [-0.25, -0.2) is 4.98 Å². The summed E-state index contributed by atoms with van der Waals surface area (Å²) < 4.78 is 5.16. The Hall–Kier alpha value is -3.61. The van der Waals surface area contributed by atoms with Crippen LogP contribution in [0.5, 0.6) is 5.75 Å². The zero-order valence-electron chi connectivity index (χ0n) is 15.4. The molecule has 27 heavy (non-hydrogen) atoms. The molecule has 0 spiro atoms. The number of carbonyl (C=O) groups excluding carboxylic acids is 1. The second-order valence-electron chi connectivity index (χ2n) is 5.96. The van der Waals surface area contributed by atoms with E-state index in [0.717, 1.165) is 28.5 Å². The van der Waals surface area contributed by atoms with Gasteiger partial charge in [0, 0.05) is 35.7 Å². The topological polar surface area (TPSA) is 88.2 Å². The monoisotopic (exact) mass is 363 g/mol. The highest BCUT2D eigenvalue weighted by molar-refractivity contribution is 5.89. The quantitative estimate of drug-likeness (QED) is 0.607. The van der Waals surface area contributed by atoms with Crippen LogP contribution in [0.4, 0.5) is 28.8 Å². The molecule has 0 aliphatic rings. The fourth-order valence-electron chi connectivity index (χ4n) is 2.52. The number of rotatable bonds is 6. The van der Waals surface area contributed by atoms with Gasteiger partial charge >= 0.3 is 0 Å². The Balaban J connectivity index is 1.77. The van der Waals surface area contributed by atoms with Gasteiger partial charge in [-0.15, -0.1) is 0 Å². The predicted octanol–water partition coefficient (Wildman–Crippen LogP) is 4.24. The zero-order valence-corrected chi connectivity index (χ0v) is 15.4. The number of nitrogens with zero attached hydrogens (tertiary/aromatic N) is 2. The van der Waals surface area contributed by atoms with E-state index in [0.29, 0.717) is 11.8 Å². The molecule has 3 rings (SSSR count). The molecule has 1 amide bonds. The lowest BCUT2D eigenvalue weighted by molar-refractivity contribution is -0.114. The zero-order chi connectivity index (χ0) is 19.2. The fourth-order valence-corrected chi connectivity index (χ4v) is 2.52. The van der Waals surface area contributed by atoms with Gasteiger partial charge in [0.1, 0.15) is 11.6 Å². The number of benzene rings is 2. The normalized spacial score (nSPS) is 10.2. The van der Waals surface area contributed by atoms with Gasteiger partial charge in [0.25, 0.3) is 0 Å². The van der Waals surface area contributed by atoms with Crippen molar-refractivity contribution < 1.29 is 9.53 Å². The first kappa shape index (κ1) is 18.2. The van der Waals surface area contributed by atoms with Crippen LogP contribution >= 0.6 is 0 Å². The first-order chi connectivity index (χ1) is 13.0. The van der Waals surface area contributed by atoms with Crippen molar-refractivity contribution in [2.45, 2.75) is 13.8 Å². The summed E-state index contributed by atoms with van der Waals surface area (Å²) in [4.78, 5) is 20.1. The smallest absolute Gasteiger partial charge is 0.229 e. The van der Waals surface area contributed by atoms with Gasteiger partial charge in [-0.05, 0) is 49.4 Å². The Morgan fingerprint density at radius 3 is 2.37 bits per heavy atom. The van der Waals surface area contributed by atoms with Crippen molar-refractivity contribution >= 4 is 34.7 Å². The first-order valence-corrected chi connectivity index (χ1v) is 8.43. The molecular weight excluding hydrogens is 342 g/mol. The number of carbonyl (C=O) groups is 1. The van der Waals surface area contributed by atoms with E-state index < -0.39 is 0 Å². The van der Waals surface area contributed by atoms with E-state index in [4.69, 9.17) is 4.74 Å². The summed E-state index contributed by atoms with van der Waals surface area (Å²) in [6.07, 6.45) is 0. The molecule has 3 N–H and O–H groups in total. The highest BCUT2D eigenvalue weighted by Crippen LogP contribution is 2.22. The van der Waals surface area contributed by atoms with Crippen molar-refractivity contribution in [3.05, 3.63) is 60.3 Å². The van der Waals surface area contributed by atoms with Gasteiger partial charge in [0.2, 0.25) is 11.9 Å². The number of hydrogen-bond acceptors (Lipinski definition) is 6. The number of hydrogen-bond donors (Lipinski definition) is 3. The number of methoxy groups -OCH3 is 1. The number of anilines is 5. The van der Waals surface area contributed by atoms with E-state index in [2.05, 4.69) is 25.9 Å². The number of nitrogens with one attached hydrogen (secondary N) is 3. The third-order valence-corrected chi connectivity index (χ3v) is 3.66. The summed E-state index contributed by atoms with van der Waals surface area (Å²) in [6.45, 7) is 3.38. The molecule has 2 aromatic carbocycles. The van der Waals surface area contributed by atoms with Crippen molar-refractivity contribution in [2.24, 2.45) is 0 Å². The highest BCUT2D eigenvalue weighted by Gasteiger charge is 2.05. The van der Waals surface area contributed by atoms with Crippen LogP contribution in [-0.2, 0) is 4.79 Å². The summed E-state index contributed by atoms with van der Waals surface area (Å²) in [5, 5.41) is 9.19. The van der Waals surface area contributed by atoms with Gasteiger partial charge in [-0.1, -0.05) is 6.07 Å². The molecule has 7 heteroatoms. The van der Waals surface area contributed by atoms with Crippen molar-refractivity contribution in [1.29, 1.82) is 0 Å². The van der Waals surface area contributed by atoms with Crippen LogP contribution in [0.3, 0.4) is 0 Å². The van der Waals surface area contributed by atoms with E-state index in [1.54, 1.807) is 7.11 Å². The lowest BCUT2D eigenvalue weighted by Crippen LogP contribution is -2.06. The van der Waals surface area contributed by atoms with Crippen LogP contribution in [0.25, 0.3) is 0 Å². The van der Waals surface area contributed by atoms with E-state index >= 15 is 0 Å². The largest absolute Gasteiger partial charge is 0.497 e. The lowest BCUT2D eigenvalue weighted by Gasteiger charge is -2.11. The summed E-state index contributed by atoms with van der Waals surface area (Å²) >= 11 is 0. The molecule has 0 atom stereocenters. The second-order valence-corrected chi connectivity index (χ2v) is 5.96. The third kappa shape index (κ3) is 5.18. The molecule has 0 fully saturated rings. The van der Waals surface area contributed by atoms with Crippen LogP contribution in [0.1, 0.15) is 12.6 Å². The molecule has 0 aliphatic heterocycles. The Bertz CT molecular complexity index is 941. The van der Waals surface area contributed by atoms with E-state index in [1.165, 1.54) is 6.92 Å². The highest BCUT2D eigenvalue weighted by atomic mass is 16.5. The molecule has 0 radical (unpaired) electrons. The summed E-state index contributed by atoms with van der Waals surface area (Å²) in [6, 6.07) is 16.8. The van der Waals surface area contributed by atoms with E-state index in [9.17, 15) is 4.79 Å². The van der Waals surface area contributed by atoms with Crippen molar-refractivity contribution in [2.75, 3.05) is 23.1 Å². The van der Waals surface area contributed by atoms with Gasteiger partial charge in [-0.2, -0.15) is 4.98 Å². The first-order valence-electron chi connectivity index (χ1n) is 8.43. The summed E-state index contributed by atoms with van der Waals surface area (Å²) in [5.41, 5.74) is 3.21. The molecule has 0 aliphatic carbocycles. The third-order valence-electron chi connectivity index (χ3n) is 3.66. The second kappa shape index (κ2) is 8.18. The summed E-state index contributed by atoms with van der Waals surface area (Å²) in [5.74, 6) is 1.81. The molecule has 0 unspecified atom stereocenters. The van der Waals surface area contributed by atoms with Gasteiger partial charge in [0.15, 0.2) is 0 Å². The Morgan fingerprint density at radius 1 is 0.926 bits per heavy atom. The SMILES string of the molecule is COc1ccc(Nc2nc(C)cc(Nc3cccc(NC(C)=O)c3)n2)cc1. The molecule has 138 valence electrons. The minimum Gasteiger partial charge on any atom is -0.497 e. The van der Waals surface area contributed by atoms with Crippen LogP contribution in [0.2, 0.25) is 0 Å². The maximum absolute atomic E-state index is 11.2. The molecule has 1 heterocycles. The van der Waals surface area contributed by atoms with Crippen LogP contribution in [0, 0.1) is 6.92 Å². The van der Waals surface area contributed by atoms with Crippen LogP contribution < -0.4 is 20.7 Å². The fraction of sp³-hybridized carbons (Fsp3) is 0.150. The molecule has 0 saturated heterocycles. The Labute approximate surface area is 157 Å². The van der Waals surface area contributed by atoms with Crippen molar-refractivity contribution in [3.63, 3.8) is 0 Å². The minimum atomic E-state index is -0.115. The standard InChI is InChI=1S/C20H21N5O2/c1-13-11-19(23-17-6-4-5-16(12-17)22-14(2)26)25-20(21-13)24-15-7-9-18(27-3)10-8-15/h4-12H,1-3H3,(H,22,26)(H2,21,23,24,25). The van der Waals surface area contributed by atoms with Gasteiger partial charge in [-0.3, -0.25) is 4.79 Å². The maximum Gasteiger partial charge on any atom is 0.229 e. The Morgan fingerprint density at radius 2 is 1.67 bits per heavy atom. The molecular formula is C20H21N5O2. The average Bonchev–Trinajstić information content (AvgIpc) is 2.61. The minimum absolute atomic E-state index is 0.115. The average molecular weight is 363 g/mol. The number of aromatic nitrogens is 2. The molecule has 3 aromatic rings. The number of ether oxygens (including phenoxy) is 1. The van der Waals surface area contributed by atoms with Crippen LogP contribution in [0.15, 0.2) is 54.6 Å². The van der Waals surface area contributed by atoms with Crippen LogP contribution in [-0.4, -0.2) is 23.0 Å². The predicted molar refractivity (Wildman–Crippen MR) is 107 cm³/mol. The van der Waals surface area contributed by atoms with Gasteiger partial charge in [0.05, 0.1) is 7.11 Å². The molecule has 1 aromatic heterocycles. The Kier molecular flexibility index (Phi) is 5.51. The van der Waals surface area contributed by atoms with E-state index in [1.807, 2.05) is 61.5 Å². The van der Waals surface area contributed by atoms with Crippen molar-refractivity contribution in [3.8, 4) is 5.75 Å². The number of amides is 1. The molecule has 0 bridgehead atoms. The maximum atomic E-state index is 11.2. The molecule has 7 nitrogen and oxygen atoms in total. The lowest BCUT2D eigenvalue weighted by atomic mass is 10.2. The van der Waals surface area contributed by atoms with Crippen molar-refractivity contribution in [1.82, 2.24) is 9.97 Å².